The van der Waals surface area contributed by atoms with E-state index in [0.29, 0.717) is 17.1 Å². The van der Waals surface area contributed by atoms with Crippen LogP contribution in [0.2, 0.25) is 0 Å². The van der Waals surface area contributed by atoms with Crippen LogP contribution in [0.15, 0.2) is 12.1 Å². The van der Waals surface area contributed by atoms with Gasteiger partial charge in [0.15, 0.2) is 0 Å². The van der Waals surface area contributed by atoms with E-state index >= 15 is 0 Å². The normalized spacial score (nSPS) is 11.4. The molecule has 2 nitrogen and oxygen atoms in total. The Morgan fingerprint density at radius 1 is 1.12 bits per heavy atom. The van der Waals surface area contributed by atoms with Gasteiger partial charge in [0.25, 0.3) is 0 Å². The van der Waals surface area contributed by atoms with Gasteiger partial charge < -0.3 is 9.47 Å². The van der Waals surface area contributed by atoms with Gasteiger partial charge in [-0.2, -0.15) is 0 Å². The first-order chi connectivity index (χ1) is 7.37. The van der Waals surface area contributed by atoms with Crippen molar-refractivity contribution in [2.45, 2.75) is 26.2 Å². The zero-order valence-electron chi connectivity index (χ0n) is 9.93. The standard InChI is InChI=1S/C12H16F2O2/c1-8-5-11(16-4)9(6-10(8)15-3)7-12(2,13)14/h5-6H,7H2,1-4H3. The number of alkyl halides is 2. The largest absolute Gasteiger partial charge is 0.496 e. The van der Waals surface area contributed by atoms with Crippen molar-refractivity contribution in [2.24, 2.45) is 0 Å². The summed E-state index contributed by atoms with van der Waals surface area (Å²) in [6.45, 7) is 2.73. The second kappa shape index (κ2) is 4.68. The summed E-state index contributed by atoms with van der Waals surface area (Å²) in [5.41, 5.74) is 1.32. The molecule has 0 aliphatic carbocycles. The Bertz CT molecular complexity index is 370. The molecule has 0 saturated heterocycles. The second-order valence-electron chi connectivity index (χ2n) is 3.88. The summed E-state index contributed by atoms with van der Waals surface area (Å²) in [4.78, 5) is 0. The van der Waals surface area contributed by atoms with Crippen molar-refractivity contribution in [3.8, 4) is 11.5 Å². The van der Waals surface area contributed by atoms with E-state index in [2.05, 4.69) is 0 Å². The minimum Gasteiger partial charge on any atom is -0.496 e. The topological polar surface area (TPSA) is 18.5 Å². The van der Waals surface area contributed by atoms with Crippen LogP contribution in [0.5, 0.6) is 11.5 Å². The SMILES string of the molecule is COc1cc(CC(C)(F)F)c(OC)cc1C. The molecular weight excluding hydrogens is 214 g/mol. The fourth-order valence-electron chi connectivity index (χ4n) is 1.59. The van der Waals surface area contributed by atoms with Gasteiger partial charge in [-0.25, -0.2) is 8.78 Å². The lowest BCUT2D eigenvalue weighted by atomic mass is 10.0. The molecule has 0 heterocycles. The molecule has 0 amide bonds. The third kappa shape index (κ3) is 3.08. The fourth-order valence-corrected chi connectivity index (χ4v) is 1.59. The molecule has 16 heavy (non-hydrogen) atoms. The fraction of sp³-hybridized carbons (Fsp3) is 0.500. The number of methoxy groups -OCH3 is 2. The predicted molar refractivity (Wildman–Crippen MR) is 58.6 cm³/mol. The molecule has 0 saturated carbocycles. The van der Waals surface area contributed by atoms with Crippen molar-refractivity contribution in [3.05, 3.63) is 23.3 Å². The number of hydrogen-bond donors (Lipinski definition) is 0. The molecule has 1 aromatic rings. The quantitative estimate of drug-likeness (QED) is 0.790. The lowest BCUT2D eigenvalue weighted by molar-refractivity contribution is 0.0220. The summed E-state index contributed by atoms with van der Waals surface area (Å²) in [6.07, 6.45) is -0.354. The minimum atomic E-state index is -2.76. The summed E-state index contributed by atoms with van der Waals surface area (Å²) in [6, 6.07) is 3.31. The molecule has 0 N–H and O–H groups in total. The maximum atomic E-state index is 13.0. The number of halogens is 2. The number of benzene rings is 1. The second-order valence-corrected chi connectivity index (χ2v) is 3.88. The van der Waals surface area contributed by atoms with Crippen LogP contribution >= 0.6 is 0 Å². The van der Waals surface area contributed by atoms with Crippen LogP contribution in [0.1, 0.15) is 18.1 Å². The van der Waals surface area contributed by atoms with Gasteiger partial charge in [-0.3, -0.25) is 0 Å². The lowest BCUT2D eigenvalue weighted by Gasteiger charge is -2.16. The van der Waals surface area contributed by atoms with Crippen molar-refractivity contribution < 1.29 is 18.3 Å². The van der Waals surface area contributed by atoms with Gasteiger partial charge in [0.05, 0.1) is 14.2 Å². The molecule has 1 aromatic carbocycles. The molecule has 0 aliphatic heterocycles. The van der Waals surface area contributed by atoms with Crippen LogP contribution in [0.4, 0.5) is 8.78 Å². The highest BCUT2D eigenvalue weighted by molar-refractivity contribution is 5.46. The van der Waals surface area contributed by atoms with E-state index in [9.17, 15) is 8.78 Å². The van der Waals surface area contributed by atoms with Gasteiger partial charge in [0.2, 0.25) is 5.92 Å². The van der Waals surface area contributed by atoms with Crippen molar-refractivity contribution in [3.63, 3.8) is 0 Å². The van der Waals surface area contributed by atoms with Gasteiger partial charge >= 0.3 is 0 Å². The van der Waals surface area contributed by atoms with E-state index in [-0.39, 0.29) is 6.42 Å². The summed E-state index contributed by atoms with van der Waals surface area (Å²) >= 11 is 0. The first-order valence-corrected chi connectivity index (χ1v) is 4.96. The van der Waals surface area contributed by atoms with Crippen LogP contribution in [0.3, 0.4) is 0 Å². The first-order valence-electron chi connectivity index (χ1n) is 4.96. The maximum absolute atomic E-state index is 13.0. The van der Waals surface area contributed by atoms with Crippen LogP contribution in [-0.2, 0) is 6.42 Å². The molecule has 0 aliphatic rings. The number of rotatable bonds is 4. The van der Waals surface area contributed by atoms with Gasteiger partial charge in [-0.1, -0.05) is 0 Å². The lowest BCUT2D eigenvalue weighted by Crippen LogP contribution is -2.14. The van der Waals surface area contributed by atoms with Gasteiger partial charge in [-0.05, 0) is 31.5 Å². The molecule has 0 aromatic heterocycles. The summed E-state index contributed by atoms with van der Waals surface area (Å²) in [7, 11) is 2.99. The van der Waals surface area contributed by atoms with E-state index in [1.165, 1.54) is 14.2 Å². The average Bonchev–Trinajstić information content (AvgIpc) is 2.18. The number of hydrogen-bond acceptors (Lipinski definition) is 2. The Balaban J connectivity index is 3.15. The zero-order valence-corrected chi connectivity index (χ0v) is 9.93. The molecular formula is C12H16F2O2. The van der Waals surface area contributed by atoms with Crippen molar-refractivity contribution in [1.29, 1.82) is 0 Å². The van der Waals surface area contributed by atoms with E-state index in [0.717, 1.165) is 12.5 Å². The van der Waals surface area contributed by atoms with Crippen molar-refractivity contribution in [1.82, 2.24) is 0 Å². The van der Waals surface area contributed by atoms with Crippen LogP contribution in [0, 0.1) is 6.92 Å². The summed E-state index contributed by atoms with van der Waals surface area (Å²) in [5, 5.41) is 0. The van der Waals surface area contributed by atoms with E-state index in [4.69, 9.17) is 9.47 Å². The first kappa shape index (κ1) is 12.7. The van der Waals surface area contributed by atoms with E-state index in [1.807, 2.05) is 6.92 Å². The van der Waals surface area contributed by atoms with Crippen molar-refractivity contribution >= 4 is 0 Å². The Morgan fingerprint density at radius 3 is 2.12 bits per heavy atom. The van der Waals surface area contributed by atoms with E-state index in [1.54, 1.807) is 12.1 Å². The van der Waals surface area contributed by atoms with E-state index < -0.39 is 5.92 Å². The average molecular weight is 230 g/mol. The predicted octanol–water partition coefficient (Wildman–Crippen LogP) is 3.21. The van der Waals surface area contributed by atoms with Crippen molar-refractivity contribution in [2.75, 3.05) is 14.2 Å². The molecule has 90 valence electrons. The molecule has 0 radical (unpaired) electrons. The van der Waals surface area contributed by atoms with Crippen LogP contribution < -0.4 is 9.47 Å². The maximum Gasteiger partial charge on any atom is 0.249 e. The Hall–Kier alpha value is -1.32. The molecule has 0 bridgehead atoms. The summed E-state index contributed by atoms with van der Waals surface area (Å²) in [5.74, 6) is -1.69. The molecule has 0 atom stereocenters. The van der Waals surface area contributed by atoms with Gasteiger partial charge in [0, 0.05) is 12.0 Å². The number of ether oxygens (including phenoxy) is 2. The number of aryl methyl sites for hydroxylation is 1. The zero-order chi connectivity index (χ0) is 12.3. The molecule has 0 spiro atoms. The highest BCUT2D eigenvalue weighted by Crippen LogP contribution is 2.32. The Morgan fingerprint density at radius 2 is 1.69 bits per heavy atom. The summed E-state index contributed by atoms with van der Waals surface area (Å²) < 4.78 is 36.1. The van der Waals surface area contributed by atoms with Gasteiger partial charge in [-0.15, -0.1) is 0 Å². The Labute approximate surface area is 94.2 Å². The highest BCUT2D eigenvalue weighted by Gasteiger charge is 2.24. The smallest absolute Gasteiger partial charge is 0.249 e. The monoisotopic (exact) mass is 230 g/mol. The molecule has 0 fully saturated rings. The molecule has 4 heteroatoms. The minimum absolute atomic E-state index is 0.354. The third-order valence-electron chi connectivity index (χ3n) is 2.30. The molecule has 0 unspecified atom stereocenters. The van der Waals surface area contributed by atoms with Gasteiger partial charge in [0.1, 0.15) is 11.5 Å². The third-order valence-corrected chi connectivity index (χ3v) is 2.30. The van der Waals surface area contributed by atoms with Crippen LogP contribution in [-0.4, -0.2) is 20.1 Å². The highest BCUT2D eigenvalue weighted by atomic mass is 19.3. The Kier molecular flexibility index (Phi) is 3.73. The van der Waals surface area contributed by atoms with Crippen LogP contribution in [0.25, 0.3) is 0 Å². The molecule has 1 rings (SSSR count).